The van der Waals surface area contributed by atoms with Crippen LogP contribution in [0.4, 0.5) is 0 Å². The molecule has 0 aromatic rings. The second-order valence-electron chi connectivity index (χ2n) is 4.16. The van der Waals surface area contributed by atoms with Gasteiger partial charge in [0.05, 0.1) is 5.91 Å². The molecule has 1 amide bonds. The number of nitrogens with zero attached hydrogens (tertiary/aromatic N) is 1. The van der Waals surface area contributed by atoms with Crippen molar-refractivity contribution in [3.05, 3.63) is 5.32 Å². The largest absolute Gasteiger partial charge is 1.00 e. The third-order valence-electron chi connectivity index (χ3n) is 1.38. The van der Waals surface area contributed by atoms with Crippen LogP contribution >= 0.6 is 7.92 Å². The van der Waals surface area contributed by atoms with E-state index in [0.29, 0.717) is 14.3 Å². The summed E-state index contributed by atoms with van der Waals surface area (Å²) in [5.41, 5.74) is -0.0584. The summed E-state index contributed by atoms with van der Waals surface area (Å²) in [6.45, 7) is 10.7. The van der Waals surface area contributed by atoms with E-state index in [4.69, 9.17) is 0 Å². The van der Waals surface area contributed by atoms with Gasteiger partial charge >= 0.3 is 22.4 Å². The van der Waals surface area contributed by atoms with E-state index < -0.39 is 0 Å². The fourth-order valence-electron chi connectivity index (χ4n) is 0.862. The molecule has 1 saturated heterocycles. The number of hydrogen-bond donors (Lipinski definition) is 0. The first-order valence-electron chi connectivity index (χ1n) is 4.20. The van der Waals surface area contributed by atoms with Crippen molar-refractivity contribution in [3.63, 3.8) is 0 Å². The van der Waals surface area contributed by atoms with Gasteiger partial charge in [0.15, 0.2) is 0 Å². The predicted octanol–water partition coefficient (Wildman–Crippen LogP) is 2.81. The van der Waals surface area contributed by atoms with Crippen molar-refractivity contribution < 1.29 is 27.2 Å². The van der Waals surface area contributed by atoms with Crippen LogP contribution in [0.15, 0.2) is 0 Å². The molecule has 0 N–H and O–H groups in total. The molecule has 2 nitrogen and oxygen atoms in total. The van der Waals surface area contributed by atoms with Gasteiger partial charge in [-0.2, -0.15) is 0 Å². The molecule has 0 saturated carbocycles. The average Bonchev–Trinajstić information content (AvgIpc) is 2.07. The molecule has 1 aliphatic heterocycles. The van der Waals surface area contributed by atoms with E-state index in [0.717, 1.165) is 6.42 Å². The fraction of sp³-hybridized carbons (Fsp3) is 0.889. The Morgan fingerprint density at radius 3 is 1.77 bits per heavy atom. The molecule has 4 heteroatoms. The van der Waals surface area contributed by atoms with Crippen LogP contribution in [0.2, 0.25) is 0 Å². The van der Waals surface area contributed by atoms with E-state index in [9.17, 15) is 4.79 Å². The van der Waals surface area contributed by atoms with Gasteiger partial charge in [-0.1, -0.05) is 20.3 Å². The summed E-state index contributed by atoms with van der Waals surface area (Å²) in [5.74, 6) is 0.0648. The van der Waals surface area contributed by atoms with Crippen LogP contribution < -0.4 is 0 Å². The number of carbonyl (C=O) groups excluding carboxylic acids is 1. The summed E-state index contributed by atoms with van der Waals surface area (Å²) in [6.07, 6.45) is 1.57. The van der Waals surface area contributed by atoms with Gasteiger partial charge in [0.1, 0.15) is 0 Å². The third-order valence-corrected chi connectivity index (χ3v) is 1.38. The number of amides is 1. The zero-order valence-electron chi connectivity index (χ0n) is 9.02. The number of rotatable bonds is 0. The summed E-state index contributed by atoms with van der Waals surface area (Å²) >= 11 is 0. The fourth-order valence-corrected chi connectivity index (χ4v) is 0.862. The molecule has 0 aromatic carbocycles. The van der Waals surface area contributed by atoms with Crippen molar-refractivity contribution in [2.24, 2.45) is 0 Å². The first kappa shape index (κ1) is 16.1. The van der Waals surface area contributed by atoms with Gasteiger partial charge in [-0.15, -0.1) is 13.5 Å². The summed E-state index contributed by atoms with van der Waals surface area (Å²) in [7, 11) is 0.380. The topological polar surface area (TPSA) is 31.2 Å². The summed E-state index contributed by atoms with van der Waals surface area (Å²) < 4.78 is 0. The van der Waals surface area contributed by atoms with Crippen LogP contribution in [0.1, 0.15) is 26.7 Å². The molecule has 0 bridgehead atoms. The predicted molar refractivity (Wildman–Crippen MR) is 56.4 cm³/mol. The molecule has 1 aliphatic rings. The Kier molecular flexibility index (Phi) is 8.66. The Morgan fingerprint density at radius 1 is 1.31 bits per heavy atom. The molecule has 0 radical (unpaired) electrons. The zero-order valence-corrected chi connectivity index (χ0v) is 12.1. The van der Waals surface area contributed by atoms with Gasteiger partial charge in [-0.3, -0.25) is 0 Å². The molecule has 0 unspecified atom stereocenters. The minimum absolute atomic E-state index is 0. The van der Waals surface area contributed by atoms with Gasteiger partial charge in [0.2, 0.25) is 0 Å². The molecule has 1 fully saturated rings. The zero-order chi connectivity index (χ0) is 9.78. The van der Waals surface area contributed by atoms with E-state index in [1.54, 1.807) is 0 Å². The van der Waals surface area contributed by atoms with Gasteiger partial charge in [0, 0.05) is 0 Å². The van der Waals surface area contributed by atoms with E-state index in [1.165, 1.54) is 0 Å². The van der Waals surface area contributed by atoms with Crippen LogP contribution in [0.3, 0.4) is 0 Å². The van der Waals surface area contributed by atoms with Crippen molar-refractivity contribution >= 4 is 13.8 Å². The maximum Gasteiger partial charge on any atom is 1.00 e. The molecule has 0 spiro atoms. The first-order valence-corrected chi connectivity index (χ1v) is 6.88. The SMILES string of the molecule is CC1(C)CCC(=O)[N-]1.CP(C)C.[Au+]. The maximum absolute atomic E-state index is 10.5. The summed E-state index contributed by atoms with van der Waals surface area (Å²) in [6, 6.07) is 0. The monoisotopic (exact) mass is 385 g/mol. The average molecular weight is 385 g/mol. The van der Waals surface area contributed by atoms with Gasteiger partial charge in [0.25, 0.3) is 0 Å². The van der Waals surface area contributed by atoms with Crippen LogP contribution in [0, 0.1) is 0 Å². The third kappa shape index (κ3) is 10.6. The van der Waals surface area contributed by atoms with Crippen LogP contribution in [-0.2, 0) is 27.2 Å². The number of carbonyl (C=O) groups is 1. The Morgan fingerprint density at radius 2 is 1.69 bits per heavy atom. The minimum atomic E-state index is -0.0584. The molecule has 82 valence electrons. The van der Waals surface area contributed by atoms with Gasteiger partial charge < -0.3 is 10.1 Å². The van der Waals surface area contributed by atoms with E-state index in [1.807, 2.05) is 13.8 Å². The molecule has 13 heavy (non-hydrogen) atoms. The van der Waals surface area contributed by atoms with E-state index in [-0.39, 0.29) is 33.8 Å². The number of hydrogen-bond acceptors (Lipinski definition) is 1. The minimum Gasteiger partial charge on any atom is -0.648 e. The molecule has 0 aromatic heterocycles. The van der Waals surface area contributed by atoms with Gasteiger partial charge in [-0.05, 0) is 26.4 Å². The van der Waals surface area contributed by atoms with Crippen LogP contribution in [0.25, 0.3) is 5.32 Å². The van der Waals surface area contributed by atoms with Crippen molar-refractivity contribution in [2.45, 2.75) is 32.2 Å². The van der Waals surface area contributed by atoms with E-state index >= 15 is 0 Å². The molecule has 0 atom stereocenters. The normalized spacial score (nSPS) is 18.5. The quantitative estimate of drug-likeness (QED) is 0.466. The maximum atomic E-state index is 10.5. The first-order chi connectivity index (χ1) is 5.33. The van der Waals surface area contributed by atoms with E-state index in [2.05, 4.69) is 25.3 Å². The summed E-state index contributed by atoms with van der Waals surface area (Å²) in [4.78, 5) is 10.5. The summed E-state index contributed by atoms with van der Waals surface area (Å²) in [5, 5.41) is 3.88. The van der Waals surface area contributed by atoms with Crippen LogP contribution in [0.5, 0.6) is 0 Å². The standard InChI is InChI=1S/C6H11NO.C3H9P.Au/c1-6(2)4-3-5(8)7-6;1-4(2)3;/h3-4H2,1-2H3,(H,7,8);1-3H3;/q;;+1/p-1. The molecule has 0 aliphatic carbocycles. The smallest absolute Gasteiger partial charge is 0.648 e. The van der Waals surface area contributed by atoms with Crippen molar-refractivity contribution in [2.75, 3.05) is 20.0 Å². The molecule has 1 rings (SSSR count). The van der Waals surface area contributed by atoms with Crippen LogP contribution in [-0.4, -0.2) is 31.4 Å². The Balaban J connectivity index is 0. The molecule has 1 heterocycles. The van der Waals surface area contributed by atoms with Crippen molar-refractivity contribution in [1.29, 1.82) is 0 Å². The second kappa shape index (κ2) is 7.00. The Bertz CT molecular complexity index is 157. The second-order valence-corrected chi connectivity index (χ2v) is 6.84. The van der Waals surface area contributed by atoms with Gasteiger partial charge in [-0.25, -0.2) is 0 Å². The Labute approximate surface area is 98.5 Å². The molecular weight excluding hydrogens is 366 g/mol. The Hall–Kier alpha value is 0.640. The molecular formula is C9H19AuNOP. The van der Waals surface area contributed by atoms with Crippen molar-refractivity contribution in [3.8, 4) is 0 Å². The van der Waals surface area contributed by atoms with Crippen molar-refractivity contribution in [1.82, 2.24) is 0 Å².